The second-order valence-electron chi connectivity index (χ2n) is 9.74. The number of hydrogen-bond donors (Lipinski definition) is 2. The second-order valence-corrected chi connectivity index (χ2v) is 14.2. The summed E-state index contributed by atoms with van der Waals surface area (Å²) in [6, 6.07) is 15.4. The summed E-state index contributed by atoms with van der Waals surface area (Å²) in [5.74, 6) is 0.0258. The lowest BCUT2D eigenvalue weighted by Crippen LogP contribution is -2.40. The fourth-order valence-corrected chi connectivity index (χ4v) is 4.28. The molecule has 0 saturated heterocycles. The predicted molar refractivity (Wildman–Crippen MR) is 131 cm³/mol. The van der Waals surface area contributed by atoms with Crippen LogP contribution < -0.4 is 0 Å². The third-order valence-corrected chi connectivity index (χ3v) is 10.3. The maximum absolute atomic E-state index is 12.8. The van der Waals surface area contributed by atoms with Crippen molar-refractivity contribution in [3.8, 4) is 0 Å². The summed E-state index contributed by atoms with van der Waals surface area (Å²) in [6.45, 7) is 15.0. The average Bonchev–Trinajstić information content (AvgIpc) is 2.72. The van der Waals surface area contributed by atoms with Gasteiger partial charge in [-0.05, 0) is 73.6 Å². The van der Waals surface area contributed by atoms with Crippen LogP contribution in [-0.2, 0) is 6.42 Å². The van der Waals surface area contributed by atoms with Crippen molar-refractivity contribution in [1.82, 2.24) is 4.90 Å². The van der Waals surface area contributed by atoms with Crippen LogP contribution in [-0.4, -0.2) is 41.6 Å². The van der Waals surface area contributed by atoms with E-state index >= 15 is 0 Å². The Labute approximate surface area is 189 Å². The van der Waals surface area contributed by atoms with E-state index in [1.54, 1.807) is 12.1 Å². The SMILES string of the molecule is CCC(C)N(CC)C(=O)c1ccc(C(O)c2cccc(CC(C)(C)[Si](C)(C)O)c2)cc1. The van der Waals surface area contributed by atoms with Crippen LogP contribution in [0.25, 0.3) is 0 Å². The first kappa shape index (κ1) is 25.3. The molecule has 31 heavy (non-hydrogen) atoms. The van der Waals surface area contributed by atoms with Crippen LogP contribution in [0.15, 0.2) is 48.5 Å². The summed E-state index contributed by atoms with van der Waals surface area (Å²) in [7, 11) is -2.32. The zero-order valence-corrected chi connectivity index (χ0v) is 21.1. The highest BCUT2D eigenvalue weighted by Crippen LogP contribution is 2.39. The van der Waals surface area contributed by atoms with Gasteiger partial charge in [-0.1, -0.05) is 57.2 Å². The Bertz CT molecular complexity index is 871. The van der Waals surface area contributed by atoms with Crippen molar-refractivity contribution in [3.05, 3.63) is 70.8 Å². The number of hydrogen-bond acceptors (Lipinski definition) is 3. The van der Waals surface area contributed by atoms with Crippen molar-refractivity contribution < 1.29 is 14.7 Å². The van der Waals surface area contributed by atoms with E-state index in [4.69, 9.17) is 0 Å². The highest BCUT2D eigenvalue weighted by molar-refractivity contribution is 6.72. The smallest absolute Gasteiger partial charge is 0.254 e. The van der Waals surface area contributed by atoms with Gasteiger partial charge < -0.3 is 14.8 Å². The van der Waals surface area contributed by atoms with E-state index in [-0.39, 0.29) is 17.0 Å². The monoisotopic (exact) mass is 441 g/mol. The molecule has 5 heteroatoms. The first-order valence-electron chi connectivity index (χ1n) is 11.3. The maximum atomic E-state index is 12.8. The van der Waals surface area contributed by atoms with Crippen LogP contribution >= 0.6 is 0 Å². The average molecular weight is 442 g/mol. The summed E-state index contributed by atoms with van der Waals surface area (Å²) >= 11 is 0. The van der Waals surface area contributed by atoms with Crippen molar-refractivity contribution in [3.63, 3.8) is 0 Å². The Morgan fingerprint density at radius 1 is 1.06 bits per heavy atom. The van der Waals surface area contributed by atoms with Crippen LogP contribution in [0.2, 0.25) is 18.1 Å². The van der Waals surface area contributed by atoms with Gasteiger partial charge in [0.05, 0.1) is 0 Å². The normalized spacial score (nSPS) is 14.2. The van der Waals surface area contributed by atoms with Crippen LogP contribution in [0.4, 0.5) is 0 Å². The highest BCUT2D eigenvalue weighted by Gasteiger charge is 2.38. The summed E-state index contributed by atoms with van der Waals surface area (Å²) < 4.78 is 0. The minimum atomic E-state index is -2.32. The first-order chi connectivity index (χ1) is 14.4. The van der Waals surface area contributed by atoms with Gasteiger partial charge in [-0.3, -0.25) is 4.79 Å². The molecule has 4 nitrogen and oxygen atoms in total. The van der Waals surface area contributed by atoms with Gasteiger partial charge in [-0.25, -0.2) is 0 Å². The summed E-state index contributed by atoms with van der Waals surface area (Å²) in [5.41, 5.74) is 3.33. The number of benzene rings is 2. The van der Waals surface area contributed by atoms with E-state index in [1.807, 2.05) is 61.3 Å². The number of aliphatic hydroxyl groups excluding tert-OH is 1. The Morgan fingerprint density at radius 2 is 1.68 bits per heavy atom. The molecule has 0 bridgehead atoms. The number of nitrogens with zero attached hydrogens (tertiary/aromatic N) is 1. The molecule has 2 rings (SSSR count). The molecular weight excluding hydrogens is 402 g/mol. The zero-order chi connectivity index (χ0) is 23.4. The molecule has 0 aliphatic rings. The Balaban J connectivity index is 2.21. The third kappa shape index (κ3) is 6.06. The van der Waals surface area contributed by atoms with E-state index in [2.05, 4.69) is 27.7 Å². The van der Waals surface area contributed by atoms with Gasteiger partial charge in [-0.15, -0.1) is 0 Å². The van der Waals surface area contributed by atoms with Crippen LogP contribution in [0.3, 0.4) is 0 Å². The van der Waals surface area contributed by atoms with Gasteiger partial charge >= 0.3 is 0 Å². The summed E-state index contributed by atoms with van der Waals surface area (Å²) in [6.07, 6.45) is 0.919. The maximum Gasteiger partial charge on any atom is 0.254 e. The fraction of sp³-hybridized carbons (Fsp3) is 0.500. The third-order valence-electron chi connectivity index (χ3n) is 6.77. The minimum Gasteiger partial charge on any atom is -0.432 e. The molecule has 0 heterocycles. The largest absolute Gasteiger partial charge is 0.432 e. The molecule has 0 aromatic heterocycles. The molecule has 0 aliphatic heterocycles. The second kappa shape index (κ2) is 10.1. The van der Waals surface area contributed by atoms with Crippen LogP contribution in [0, 0.1) is 0 Å². The van der Waals surface area contributed by atoms with Gasteiger partial charge in [0, 0.05) is 18.2 Å². The van der Waals surface area contributed by atoms with Crippen LogP contribution in [0.1, 0.15) is 74.2 Å². The lowest BCUT2D eigenvalue weighted by atomic mass is 9.95. The van der Waals surface area contributed by atoms with Crippen molar-refractivity contribution in [1.29, 1.82) is 0 Å². The lowest BCUT2D eigenvalue weighted by Gasteiger charge is -2.35. The fourth-order valence-electron chi connectivity index (χ4n) is 3.64. The molecule has 0 aliphatic carbocycles. The Kier molecular flexibility index (Phi) is 8.25. The molecule has 0 spiro atoms. The molecule has 1 amide bonds. The molecule has 2 atom stereocenters. The van der Waals surface area contributed by atoms with Gasteiger partial charge in [0.25, 0.3) is 5.91 Å². The van der Waals surface area contributed by atoms with Crippen molar-refractivity contribution in [2.24, 2.45) is 0 Å². The van der Waals surface area contributed by atoms with E-state index in [9.17, 15) is 14.7 Å². The zero-order valence-electron chi connectivity index (χ0n) is 20.1. The topological polar surface area (TPSA) is 60.8 Å². The molecule has 2 N–H and O–H groups in total. The standard InChI is InChI=1S/C26H39NO3Si/c1-8-19(3)27(9-2)25(29)22-15-13-21(14-16-22)24(28)23-12-10-11-20(17-23)18-26(4,5)31(6,7)30/h10-17,19,24,28,30H,8-9,18H2,1-7H3. The molecule has 2 aromatic rings. The number of amides is 1. The van der Waals surface area contributed by atoms with Crippen molar-refractivity contribution in [2.75, 3.05) is 6.54 Å². The molecule has 2 unspecified atom stereocenters. The predicted octanol–water partition coefficient (Wildman–Crippen LogP) is 5.55. The van der Waals surface area contributed by atoms with Gasteiger partial charge in [-0.2, -0.15) is 0 Å². The van der Waals surface area contributed by atoms with Gasteiger partial charge in [0.2, 0.25) is 0 Å². The van der Waals surface area contributed by atoms with Gasteiger partial charge in [0.1, 0.15) is 6.10 Å². The summed E-state index contributed by atoms with van der Waals surface area (Å²) in [5, 5.41) is 10.8. The van der Waals surface area contributed by atoms with E-state index in [0.717, 1.165) is 29.5 Å². The number of aliphatic hydroxyl groups is 1. The Hall–Kier alpha value is -1.95. The summed E-state index contributed by atoms with van der Waals surface area (Å²) in [4.78, 5) is 25.3. The van der Waals surface area contributed by atoms with E-state index in [0.29, 0.717) is 12.1 Å². The Morgan fingerprint density at radius 3 is 2.19 bits per heavy atom. The van der Waals surface area contributed by atoms with Crippen LogP contribution in [0.5, 0.6) is 0 Å². The number of rotatable bonds is 9. The molecule has 170 valence electrons. The lowest BCUT2D eigenvalue weighted by molar-refractivity contribution is 0.0700. The molecular formula is C26H39NO3Si. The quantitative estimate of drug-likeness (QED) is 0.502. The molecule has 0 fully saturated rings. The van der Waals surface area contributed by atoms with Gasteiger partial charge in [0.15, 0.2) is 8.32 Å². The highest BCUT2D eigenvalue weighted by atomic mass is 28.4. The number of carbonyl (C=O) groups excluding carboxylic acids is 1. The van der Waals surface area contributed by atoms with Crippen molar-refractivity contribution in [2.45, 2.75) is 77.7 Å². The molecule has 0 radical (unpaired) electrons. The van der Waals surface area contributed by atoms with Crippen molar-refractivity contribution >= 4 is 14.2 Å². The molecule has 0 saturated carbocycles. The molecule has 2 aromatic carbocycles. The first-order valence-corrected chi connectivity index (χ1v) is 14.3. The number of carbonyl (C=O) groups is 1. The van der Waals surface area contributed by atoms with E-state index < -0.39 is 14.4 Å². The minimum absolute atomic E-state index is 0.0258. The van der Waals surface area contributed by atoms with E-state index in [1.165, 1.54) is 0 Å².